The first-order valence-corrected chi connectivity index (χ1v) is 9.56. The number of carbonyl (C=O) groups excluding carboxylic acids is 1. The van der Waals surface area contributed by atoms with Gasteiger partial charge in [-0.25, -0.2) is 5.43 Å². The molecule has 29 heavy (non-hydrogen) atoms. The third-order valence-corrected chi connectivity index (χ3v) is 4.39. The molecule has 0 spiro atoms. The second kappa shape index (κ2) is 10.3. The Kier molecular flexibility index (Phi) is 7.25. The van der Waals surface area contributed by atoms with Crippen LogP contribution in [0.2, 0.25) is 5.02 Å². The molecule has 0 heterocycles. The number of carbonyl (C=O) groups is 1. The Balaban J connectivity index is 1.67. The number of hydrazone groups is 1. The molecular formula is C23H21ClN2O3. The molecule has 0 aliphatic rings. The van der Waals surface area contributed by atoms with Crippen molar-refractivity contribution in [2.45, 2.75) is 13.5 Å². The Hall–Kier alpha value is -3.31. The van der Waals surface area contributed by atoms with E-state index in [1.807, 2.05) is 55.5 Å². The summed E-state index contributed by atoms with van der Waals surface area (Å²) in [5.74, 6) is 0.932. The van der Waals surface area contributed by atoms with Crippen molar-refractivity contribution in [1.82, 2.24) is 5.43 Å². The maximum atomic E-state index is 12.0. The van der Waals surface area contributed by atoms with E-state index in [-0.39, 0.29) is 5.91 Å². The molecular weight excluding hydrogens is 388 g/mol. The van der Waals surface area contributed by atoms with Crippen molar-refractivity contribution in [3.63, 3.8) is 0 Å². The van der Waals surface area contributed by atoms with Crippen molar-refractivity contribution in [3.8, 4) is 11.5 Å². The van der Waals surface area contributed by atoms with Crippen LogP contribution in [-0.2, 0) is 6.61 Å². The minimum atomic E-state index is -0.272. The van der Waals surface area contributed by atoms with E-state index in [0.29, 0.717) is 35.3 Å². The second-order valence-corrected chi connectivity index (χ2v) is 6.49. The van der Waals surface area contributed by atoms with Crippen molar-refractivity contribution in [2.75, 3.05) is 6.61 Å². The Morgan fingerprint density at radius 3 is 2.52 bits per heavy atom. The lowest BCUT2D eigenvalue weighted by molar-refractivity contribution is 0.0955. The zero-order valence-corrected chi connectivity index (χ0v) is 16.7. The fourth-order valence-corrected chi connectivity index (χ4v) is 2.77. The van der Waals surface area contributed by atoms with E-state index in [4.69, 9.17) is 21.1 Å². The summed E-state index contributed by atoms with van der Waals surface area (Å²) in [6, 6.07) is 21.9. The van der Waals surface area contributed by atoms with Crippen LogP contribution in [0.5, 0.6) is 11.5 Å². The summed E-state index contributed by atoms with van der Waals surface area (Å²) < 4.78 is 11.6. The maximum Gasteiger partial charge on any atom is 0.271 e. The number of amides is 1. The van der Waals surface area contributed by atoms with Crippen LogP contribution in [-0.4, -0.2) is 18.7 Å². The fraction of sp³-hybridized carbons (Fsp3) is 0.130. The Morgan fingerprint density at radius 2 is 1.76 bits per heavy atom. The number of hydrogen-bond donors (Lipinski definition) is 1. The van der Waals surface area contributed by atoms with E-state index in [1.54, 1.807) is 30.5 Å². The molecule has 148 valence electrons. The molecule has 1 amide bonds. The number of hydrogen-bond acceptors (Lipinski definition) is 4. The molecule has 0 bridgehead atoms. The average Bonchev–Trinajstić information content (AvgIpc) is 2.75. The number of rotatable bonds is 8. The van der Waals surface area contributed by atoms with E-state index in [1.165, 1.54) is 0 Å². The quantitative estimate of drug-likeness (QED) is 0.417. The molecule has 0 aromatic heterocycles. The van der Waals surface area contributed by atoms with Crippen molar-refractivity contribution < 1.29 is 14.3 Å². The van der Waals surface area contributed by atoms with Gasteiger partial charge < -0.3 is 9.47 Å². The zero-order valence-electron chi connectivity index (χ0n) is 16.0. The third kappa shape index (κ3) is 5.83. The van der Waals surface area contributed by atoms with Gasteiger partial charge in [0, 0.05) is 16.1 Å². The van der Waals surface area contributed by atoms with Crippen LogP contribution in [0, 0.1) is 0 Å². The van der Waals surface area contributed by atoms with Gasteiger partial charge in [-0.15, -0.1) is 0 Å². The SMILES string of the molecule is CCOc1cc(/C=N/NC(=O)c2ccccc2)ccc1OCc1ccccc1Cl. The molecule has 0 saturated carbocycles. The largest absolute Gasteiger partial charge is 0.490 e. The molecule has 0 aliphatic heterocycles. The number of nitrogens with one attached hydrogen (secondary N) is 1. The van der Waals surface area contributed by atoms with E-state index in [0.717, 1.165) is 11.1 Å². The van der Waals surface area contributed by atoms with Crippen LogP contribution in [0.3, 0.4) is 0 Å². The monoisotopic (exact) mass is 408 g/mol. The van der Waals surface area contributed by atoms with Gasteiger partial charge in [0.1, 0.15) is 6.61 Å². The van der Waals surface area contributed by atoms with Crippen molar-refractivity contribution in [2.24, 2.45) is 5.10 Å². The van der Waals surface area contributed by atoms with E-state index < -0.39 is 0 Å². The summed E-state index contributed by atoms with van der Waals surface area (Å²) in [5, 5.41) is 4.67. The summed E-state index contributed by atoms with van der Waals surface area (Å²) in [7, 11) is 0. The Morgan fingerprint density at radius 1 is 1.00 bits per heavy atom. The average molecular weight is 409 g/mol. The second-order valence-electron chi connectivity index (χ2n) is 6.08. The van der Waals surface area contributed by atoms with Crippen molar-refractivity contribution in [1.29, 1.82) is 0 Å². The van der Waals surface area contributed by atoms with E-state index in [9.17, 15) is 4.79 Å². The molecule has 3 aromatic rings. The van der Waals surface area contributed by atoms with Gasteiger partial charge in [-0.2, -0.15) is 5.10 Å². The number of nitrogens with zero attached hydrogens (tertiary/aromatic N) is 1. The zero-order chi connectivity index (χ0) is 20.5. The molecule has 0 atom stereocenters. The van der Waals surface area contributed by atoms with Gasteiger partial charge in [0.15, 0.2) is 11.5 Å². The topological polar surface area (TPSA) is 59.9 Å². The van der Waals surface area contributed by atoms with Crippen LogP contribution < -0.4 is 14.9 Å². The Labute approximate surface area is 174 Å². The lowest BCUT2D eigenvalue weighted by atomic mass is 10.2. The first kappa shape index (κ1) is 20.4. The van der Waals surface area contributed by atoms with E-state index in [2.05, 4.69) is 10.5 Å². The minimum Gasteiger partial charge on any atom is -0.490 e. The highest BCUT2D eigenvalue weighted by molar-refractivity contribution is 6.31. The van der Waals surface area contributed by atoms with Crippen molar-refractivity contribution >= 4 is 23.7 Å². The van der Waals surface area contributed by atoms with Crippen LogP contribution in [0.1, 0.15) is 28.4 Å². The van der Waals surface area contributed by atoms with Crippen LogP contribution in [0.4, 0.5) is 0 Å². The smallest absolute Gasteiger partial charge is 0.271 e. The molecule has 0 saturated heterocycles. The van der Waals surface area contributed by atoms with Gasteiger partial charge in [0.2, 0.25) is 0 Å². The molecule has 0 unspecified atom stereocenters. The number of ether oxygens (including phenoxy) is 2. The predicted molar refractivity (Wildman–Crippen MR) is 115 cm³/mol. The molecule has 0 fully saturated rings. The molecule has 1 N–H and O–H groups in total. The first-order chi connectivity index (χ1) is 14.2. The fourth-order valence-electron chi connectivity index (χ4n) is 2.58. The molecule has 6 heteroatoms. The summed E-state index contributed by atoms with van der Waals surface area (Å²) >= 11 is 6.18. The summed E-state index contributed by atoms with van der Waals surface area (Å²) in [6.07, 6.45) is 1.56. The maximum absolute atomic E-state index is 12.0. The summed E-state index contributed by atoms with van der Waals surface area (Å²) in [6.45, 7) is 2.73. The summed E-state index contributed by atoms with van der Waals surface area (Å²) in [4.78, 5) is 12.0. The van der Waals surface area contributed by atoms with Gasteiger partial charge in [-0.1, -0.05) is 48.0 Å². The highest BCUT2D eigenvalue weighted by Gasteiger charge is 2.08. The molecule has 5 nitrogen and oxygen atoms in total. The number of benzene rings is 3. The van der Waals surface area contributed by atoms with Gasteiger partial charge in [-0.3, -0.25) is 4.79 Å². The molecule has 0 radical (unpaired) electrons. The van der Waals surface area contributed by atoms with Crippen molar-refractivity contribution in [3.05, 3.63) is 94.5 Å². The van der Waals surface area contributed by atoms with E-state index >= 15 is 0 Å². The minimum absolute atomic E-state index is 0.272. The van der Waals surface area contributed by atoms with Gasteiger partial charge >= 0.3 is 0 Å². The molecule has 0 aliphatic carbocycles. The van der Waals surface area contributed by atoms with Gasteiger partial charge in [-0.05, 0) is 48.9 Å². The van der Waals surface area contributed by atoms with Gasteiger partial charge in [0.05, 0.1) is 12.8 Å². The first-order valence-electron chi connectivity index (χ1n) is 9.19. The molecule has 3 rings (SSSR count). The normalized spacial score (nSPS) is 10.7. The third-order valence-electron chi connectivity index (χ3n) is 4.02. The molecule has 3 aromatic carbocycles. The lowest BCUT2D eigenvalue weighted by Crippen LogP contribution is -2.17. The number of halogens is 1. The lowest BCUT2D eigenvalue weighted by Gasteiger charge is -2.13. The predicted octanol–water partition coefficient (Wildman–Crippen LogP) is 5.08. The van der Waals surface area contributed by atoms with Crippen LogP contribution in [0.25, 0.3) is 0 Å². The van der Waals surface area contributed by atoms with Crippen LogP contribution in [0.15, 0.2) is 77.9 Å². The van der Waals surface area contributed by atoms with Crippen LogP contribution >= 0.6 is 11.6 Å². The summed E-state index contributed by atoms with van der Waals surface area (Å²) in [5.41, 5.74) is 4.72. The standard InChI is InChI=1S/C23H21ClN2O3/c1-2-28-22-14-17(15-25-26-23(27)18-8-4-3-5-9-18)12-13-21(22)29-16-19-10-6-7-11-20(19)24/h3-15H,2,16H2,1H3,(H,26,27)/b25-15+. The highest BCUT2D eigenvalue weighted by Crippen LogP contribution is 2.29. The van der Waals surface area contributed by atoms with Gasteiger partial charge in [0.25, 0.3) is 5.91 Å². The highest BCUT2D eigenvalue weighted by atomic mass is 35.5. The Bertz CT molecular complexity index is 990.